The lowest BCUT2D eigenvalue weighted by molar-refractivity contribution is -0.147. The van der Waals surface area contributed by atoms with Crippen molar-refractivity contribution in [2.24, 2.45) is 0 Å². The number of piperidine rings is 1. The van der Waals surface area contributed by atoms with Gasteiger partial charge in [0.25, 0.3) is 0 Å². The van der Waals surface area contributed by atoms with Crippen molar-refractivity contribution < 1.29 is 23.1 Å². The molecule has 200 valence electrons. The summed E-state index contributed by atoms with van der Waals surface area (Å²) in [6, 6.07) is 10.2. The van der Waals surface area contributed by atoms with E-state index in [0.29, 0.717) is 13.1 Å². The van der Waals surface area contributed by atoms with E-state index in [1.165, 1.54) is 0 Å². The molecule has 5 rings (SSSR count). The Morgan fingerprint density at radius 2 is 1.92 bits per heavy atom. The number of benzene rings is 2. The number of fused-ring (bicyclic) bond motifs is 1. The van der Waals surface area contributed by atoms with E-state index in [9.17, 15) is 14.0 Å². The molecule has 1 fully saturated rings. The smallest absolute Gasteiger partial charge is 0.407 e. The van der Waals surface area contributed by atoms with Gasteiger partial charge in [-0.1, -0.05) is 30.3 Å². The van der Waals surface area contributed by atoms with E-state index in [1.807, 2.05) is 35.2 Å². The molecule has 3 atom stereocenters. The molecule has 1 aromatic heterocycles. The number of H-pyrrole nitrogens is 1. The van der Waals surface area contributed by atoms with Gasteiger partial charge in [-0.15, -0.1) is 0 Å². The summed E-state index contributed by atoms with van der Waals surface area (Å²) in [5.41, 5.74) is 2.01. The molecule has 2 amide bonds. The summed E-state index contributed by atoms with van der Waals surface area (Å²) in [6.45, 7) is 6.40. The minimum Gasteiger partial charge on any atom is -0.444 e. The van der Waals surface area contributed by atoms with Crippen LogP contribution in [0, 0.1) is 11.6 Å². The fourth-order valence-electron chi connectivity index (χ4n) is 5.31. The molecule has 0 spiro atoms. The van der Waals surface area contributed by atoms with Gasteiger partial charge in [0.1, 0.15) is 17.2 Å². The molecule has 2 aliphatic rings. The zero-order chi connectivity index (χ0) is 27.0. The summed E-state index contributed by atoms with van der Waals surface area (Å²) >= 11 is 0. The average molecular weight is 524 g/mol. The SMILES string of the molecule is CC(C)(C)OC(=O)NC1CC(N2Cc3cn[nH]c3C2)C(=O)N(Cc2ccccc2)C1c1cc(F)ccc1F. The molecule has 10 heteroatoms. The van der Waals surface area contributed by atoms with Crippen LogP contribution in [-0.2, 0) is 29.2 Å². The van der Waals surface area contributed by atoms with Crippen LogP contribution in [0.1, 0.15) is 55.6 Å². The maximum absolute atomic E-state index is 15.2. The predicted octanol–water partition coefficient (Wildman–Crippen LogP) is 4.44. The van der Waals surface area contributed by atoms with Crippen molar-refractivity contribution in [3.05, 3.63) is 88.7 Å². The fraction of sp³-hybridized carbons (Fsp3) is 0.393. The summed E-state index contributed by atoms with van der Waals surface area (Å²) in [4.78, 5) is 30.6. The quantitative estimate of drug-likeness (QED) is 0.516. The Morgan fingerprint density at radius 3 is 2.63 bits per heavy atom. The van der Waals surface area contributed by atoms with Crippen molar-refractivity contribution in [1.29, 1.82) is 0 Å². The minimum atomic E-state index is -0.954. The van der Waals surface area contributed by atoms with Gasteiger partial charge < -0.3 is 15.0 Å². The van der Waals surface area contributed by atoms with E-state index in [1.54, 1.807) is 31.9 Å². The van der Waals surface area contributed by atoms with Crippen molar-refractivity contribution in [2.45, 2.75) is 70.6 Å². The fourth-order valence-corrected chi connectivity index (χ4v) is 5.31. The van der Waals surface area contributed by atoms with Crippen LogP contribution in [0.25, 0.3) is 0 Å². The van der Waals surface area contributed by atoms with E-state index < -0.39 is 41.5 Å². The minimum absolute atomic E-state index is 0.00429. The molecule has 3 unspecified atom stereocenters. The standard InChI is InChI=1S/C28H31F2N5O3/c1-28(2,3)38-27(37)32-22-12-24(34-15-18-13-31-33-23(18)16-34)26(36)35(14-17-7-5-4-6-8-17)25(22)20-11-19(29)9-10-21(20)30/h4-11,13,22,24-25H,12,14-16H2,1-3H3,(H,31,33)(H,32,37). The Labute approximate surface area is 220 Å². The first-order valence-corrected chi connectivity index (χ1v) is 12.6. The van der Waals surface area contributed by atoms with Crippen molar-refractivity contribution in [3.63, 3.8) is 0 Å². The molecule has 2 aromatic carbocycles. The second-order valence-electron chi connectivity index (χ2n) is 10.8. The van der Waals surface area contributed by atoms with Crippen molar-refractivity contribution >= 4 is 12.0 Å². The number of nitrogens with zero attached hydrogens (tertiary/aromatic N) is 3. The Balaban J connectivity index is 1.55. The third-order valence-electron chi connectivity index (χ3n) is 6.92. The van der Waals surface area contributed by atoms with Crippen LogP contribution in [0.2, 0.25) is 0 Å². The number of likely N-dealkylation sites (tertiary alicyclic amines) is 1. The lowest BCUT2D eigenvalue weighted by atomic mass is 9.86. The number of hydrogen-bond acceptors (Lipinski definition) is 5. The van der Waals surface area contributed by atoms with Crippen molar-refractivity contribution in [1.82, 2.24) is 25.3 Å². The number of ether oxygens (including phenoxy) is 1. The summed E-state index contributed by atoms with van der Waals surface area (Å²) in [6.07, 6.45) is 1.25. The third-order valence-corrected chi connectivity index (χ3v) is 6.92. The number of amides is 2. The molecule has 1 saturated heterocycles. The zero-order valence-electron chi connectivity index (χ0n) is 21.6. The number of carbonyl (C=O) groups excluding carboxylic acids is 2. The first-order valence-electron chi connectivity index (χ1n) is 12.6. The highest BCUT2D eigenvalue weighted by Crippen LogP contribution is 2.38. The molecule has 0 saturated carbocycles. The second-order valence-corrected chi connectivity index (χ2v) is 10.8. The van der Waals surface area contributed by atoms with E-state index >= 15 is 4.39 Å². The maximum atomic E-state index is 15.2. The van der Waals surface area contributed by atoms with Gasteiger partial charge in [-0.05, 0) is 51.0 Å². The molecular formula is C28H31F2N5O3. The van der Waals surface area contributed by atoms with E-state index in [-0.39, 0.29) is 24.4 Å². The summed E-state index contributed by atoms with van der Waals surface area (Å²) in [7, 11) is 0. The monoisotopic (exact) mass is 523 g/mol. The number of halogens is 2. The second kappa shape index (κ2) is 10.2. The lowest BCUT2D eigenvalue weighted by Gasteiger charge is -2.47. The number of hydrogen-bond donors (Lipinski definition) is 2. The number of nitrogens with one attached hydrogen (secondary N) is 2. The summed E-state index contributed by atoms with van der Waals surface area (Å²) in [5.74, 6) is -1.50. The number of alkyl carbamates (subject to hydrolysis) is 1. The van der Waals surface area contributed by atoms with Crippen LogP contribution in [-0.4, -0.2) is 49.7 Å². The van der Waals surface area contributed by atoms with Gasteiger partial charge in [0.15, 0.2) is 0 Å². The van der Waals surface area contributed by atoms with Crippen LogP contribution in [0.15, 0.2) is 54.7 Å². The van der Waals surface area contributed by atoms with Crippen LogP contribution in [0.4, 0.5) is 13.6 Å². The highest BCUT2D eigenvalue weighted by Gasteiger charge is 2.47. The molecule has 8 nitrogen and oxygen atoms in total. The molecule has 38 heavy (non-hydrogen) atoms. The molecular weight excluding hydrogens is 492 g/mol. The number of carbonyl (C=O) groups is 2. The summed E-state index contributed by atoms with van der Waals surface area (Å²) in [5, 5.41) is 9.93. The van der Waals surface area contributed by atoms with Gasteiger partial charge in [0, 0.05) is 30.8 Å². The number of rotatable bonds is 5. The molecule has 2 aliphatic heterocycles. The maximum Gasteiger partial charge on any atom is 0.407 e. The topological polar surface area (TPSA) is 90.6 Å². The lowest BCUT2D eigenvalue weighted by Crippen LogP contribution is -2.60. The Morgan fingerprint density at radius 1 is 1.16 bits per heavy atom. The first kappa shape index (κ1) is 25.8. The highest BCUT2D eigenvalue weighted by molar-refractivity contribution is 5.84. The van der Waals surface area contributed by atoms with Gasteiger partial charge in [-0.25, -0.2) is 13.6 Å². The average Bonchev–Trinajstić information content (AvgIpc) is 3.45. The Kier molecular flexibility index (Phi) is 6.92. The van der Waals surface area contributed by atoms with Crippen LogP contribution < -0.4 is 5.32 Å². The Bertz CT molecular complexity index is 1300. The zero-order valence-corrected chi connectivity index (χ0v) is 21.6. The van der Waals surface area contributed by atoms with Crippen LogP contribution in [0.5, 0.6) is 0 Å². The Hall–Kier alpha value is -3.79. The normalized spacial score (nSPS) is 21.9. The molecule has 0 bridgehead atoms. The molecule has 3 aromatic rings. The third kappa shape index (κ3) is 5.40. The van der Waals surface area contributed by atoms with Crippen LogP contribution >= 0.6 is 0 Å². The van der Waals surface area contributed by atoms with E-state index in [4.69, 9.17) is 4.74 Å². The van der Waals surface area contributed by atoms with Gasteiger partial charge in [-0.3, -0.25) is 14.8 Å². The predicted molar refractivity (Wildman–Crippen MR) is 135 cm³/mol. The van der Waals surface area contributed by atoms with E-state index in [0.717, 1.165) is 35.0 Å². The number of aromatic nitrogens is 2. The van der Waals surface area contributed by atoms with Gasteiger partial charge in [0.2, 0.25) is 5.91 Å². The van der Waals surface area contributed by atoms with Gasteiger partial charge in [-0.2, -0.15) is 5.10 Å². The van der Waals surface area contributed by atoms with Crippen LogP contribution in [0.3, 0.4) is 0 Å². The summed E-state index contributed by atoms with van der Waals surface area (Å²) < 4.78 is 35.2. The largest absolute Gasteiger partial charge is 0.444 e. The number of aromatic amines is 1. The van der Waals surface area contributed by atoms with Gasteiger partial charge in [0.05, 0.1) is 30.0 Å². The molecule has 0 radical (unpaired) electrons. The van der Waals surface area contributed by atoms with Crippen molar-refractivity contribution in [3.8, 4) is 0 Å². The molecule has 3 heterocycles. The molecule has 2 N–H and O–H groups in total. The van der Waals surface area contributed by atoms with Crippen molar-refractivity contribution in [2.75, 3.05) is 0 Å². The van der Waals surface area contributed by atoms with E-state index in [2.05, 4.69) is 15.5 Å². The first-order chi connectivity index (χ1) is 18.1. The highest BCUT2D eigenvalue weighted by atomic mass is 19.1. The van der Waals surface area contributed by atoms with Gasteiger partial charge >= 0.3 is 6.09 Å². The molecule has 0 aliphatic carbocycles.